The predicted molar refractivity (Wildman–Crippen MR) is 64.9 cm³/mol. The number of aromatic nitrogens is 4. The highest BCUT2D eigenvalue weighted by Crippen LogP contribution is 2.14. The van der Waals surface area contributed by atoms with Gasteiger partial charge in [-0.05, 0) is 24.3 Å². The number of hydrogen-bond acceptors (Lipinski definition) is 5. The van der Waals surface area contributed by atoms with Gasteiger partial charge in [-0.3, -0.25) is 4.98 Å². The first-order valence-corrected chi connectivity index (χ1v) is 5.17. The van der Waals surface area contributed by atoms with Crippen LogP contribution in [-0.2, 0) is 0 Å². The van der Waals surface area contributed by atoms with Crippen molar-refractivity contribution in [3.05, 3.63) is 49.1 Å². The van der Waals surface area contributed by atoms with E-state index in [2.05, 4.69) is 25.3 Å². The smallest absolute Gasteiger partial charge is 0.180 e. The van der Waals surface area contributed by atoms with Gasteiger partial charge in [-0.1, -0.05) is 0 Å². The topological polar surface area (TPSA) is 63.6 Å². The molecule has 5 nitrogen and oxygen atoms in total. The van der Waals surface area contributed by atoms with Crippen molar-refractivity contribution >= 4 is 22.7 Å². The first kappa shape index (κ1) is 9.65. The Morgan fingerprint density at radius 3 is 2.76 bits per heavy atom. The summed E-state index contributed by atoms with van der Waals surface area (Å²) >= 11 is 0. The molecule has 0 saturated carbocycles. The molecule has 3 aromatic rings. The van der Waals surface area contributed by atoms with E-state index in [0.717, 1.165) is 11.2 Å². The third-order valence-corrected chi connectivity index (χ3v) is 2.25. The van der Waals surface area contributed by atoms with Crippen LogP contribution in [0.5, 0.6) is 0 Å². The van der Waals surface area contributed by atoms with Crippen molar-refractivity contribution in [1.29, 1.82) is 0 Å². The highest BCUT2D eigenvalue weighted by Gasteiger charge is 2.00. The van der Waals surface area contributed by atoms with Crippen molar-refractivity contribution in [2.45, 2.75) is 0 Å². The Kier molecular flexibility index (Phi) is 2.34. The predicted octanol–water partition coefficient (Wildman–Crippen LogP) is 2.16. The van der Waals surface area contributed by atoms with E-state index in [4.69, 9.17) is 0 Å². The SMILES string of the molecule is c1cncc(Nc2cnc3cccnc3n2)c1. The summed E-state index contributed by atoms with van der Waals surface area (Å²) in [6, 6.07) is 7.49. The lowest BCUT2D eigenvalue weighted by Gasteiger charge is -2.04. The Balaban J connectivity index is 1.96. The van der Waals surface area contributed by atoms with E-state index >= 15 is 0 Å². The summed E-state index contributed by atoms with van der Waals surface area (Å²) in [5, 5.41) is 3.12. The van der Waals surface area contributed by atoms with E-state index in [-0.39, 0.29) is 0 Å². The van der Waals surface area contributed by atoms with Crippen molar-refractivity contribution < 1.29 is 0 Å². The second-order valence-corrected chi connectivity index (χ2v) is 3.47. The monoisotopic (exact) mass is 223 g/mol. The molecule has 0 unspecified atom stereocenters. The fourth-order valence-corrected chi connectivity index (χ4v) is 1.49. The highest BCUT2D eigenvalue weighted by atomic mass is 15.0. The van der Waals surface area contributed by atoms with E-state index in [1.165, 1.54) is 0 Å². The summed E-state index contributed by atoms with van der Waals surface area (Å²) in [6.07, 6.45) is 6.82. The average Bonchev–Trinajstić information content (AvgIpc) is 2.40. The van der Waals surface area contributed by atoms with Gasteiger partial charge in [0, 0.05) is 12.4 Å². The van der Waals surface area contributed by atoms with Gasteiger partial charge in [-0.2, -0.15) is 0 Å². The van der Waals surface area contributed by atoms with Crippen molar-refractivity contribution in [1.82, 2.24) is 19.9 Å². The number of fused-ring (bicyclic) bond motifs is 1. The fourth-order valence-electron chi connectivity index (χ4n) is 1.49. The molecule has 17 heavy (non-hydrogen) atoms. The van der Waals surface area contributed by atoms with Crippen molar-refractivity contribution in [2.24, 2.45) is 0 Å². The first-order valence-electron chi connectivity index (χ1n) is 5.17. The molecule has 82 valence electrons. The summed E-state index contributed by atoms with van der Waals surface area (Å²) < 4.78 is 0. The van der Waals surface area contributed by atoms with Crippen LogP contribution in [0.2, 0.25) is 0 Å². The van der Waals surface area contributed by atoms with Gasteiger partial charge < -0.3 is 5.32 Å². The first-order chi connectivity index (χ1) is 8.42. The minimum absolute atomic E-state index is 0.626. The summed E-state index contributed by atoms with van der Waals surface area (Å²) in [7, 11) is 0. The summed E-state index contributed by atoms with van der Waals surface area (Å²) in [4.78, 5) is 16.8. The maximum absolute atomic E-state index is 4.36. The maximum atomic E-state index is 4.36. The largest absolute Gasteiger partial charge is 0.338 e. The molecule has 0 aromatic carbocycles. The molecule has 0 spiro atoms. The van der Waals surface area contributed by atoms with Gasteiger partial charge in [0.15, 0.2) is 11.5 Å². The average molecular weight is 223 g/mol. The molecule has 0 bridgehead atoms. The Hall–Kier alpha value is -2.56. The molecule has 0 radical (unpaired) electrons. The molecule has 0 atom stereocenters. The molecule has 0 aliphatic carbocycles. The van der Waals surface area contributed by atoms with Crippen LogP contribution in [0.1, 0.15) is 0 Å². The van der Waals surface area contributed by atoms with E-state index in [0.29, 0.717) is 11.5 Å². The molecule has 0 fully saturated rings. The Morgan fingerprint density at radius 1 is 0.941 bits per heavy atom. The highest BCUT2D eigenvalue weighted by molar-refractivity contribution is 5.71. The molecule has 3 aromatic heterocycles. The minimum Gasteiger partial charge on any atom is -0.338 e. The number of pyridine rings is 2. The summed E-state index contributed by atoms with van der Waals surface area (Å²) in [5.74, 6) is 0.657. The molecule has 0 amide bonds. The van der Waals surface area contributed by atoms with E-state index < -0.39 is 0 Å². The quantitative estimate of drug-likeness (QED) is 0.721. The lowest BCUT2D eigenvalue weighted by molar-refractivity contribution is 1.21. The second kappa shape index (κ2) is 4.13. The second-order valence-electron chi connectivity index (χ2n) is 3.47. The number of nitrogens with zero attached hydrogens (tertiary/aromatic N) is 4. The normalized spacial score (nSPS) is 10.4. The van der Waals surface area contributed by atoms with Crippen molar-refractivity contribution in [2.75, 3.05) is 5.32 Å². The zero-order valence-electron chi connectivity index (χ0n) is 8.91. The van der Waals surface area contributed by atoms with Gasteiger partial charge >= 0.3 is 0 Å². The van der Waals surface area contributed by atoms with Gasteiger partial charge in [0.1, 0.15) is 5.52 Å². The van der Waals surface area contributed by atoms with Crippen LogP contribution in [0.4, 0.5) is 11.5 Å². The number of nitrogens with one attached hydrogen (secondary N) is 1. The third-order valence-electron chi connectivity index (χ3n) is 2.25. The lowest BCUT2D eigenvalue weighted by Crippen LogP contribution is -1.96. The van der Waals surface area contributed by atoms with E-state index in [9.17, 15) is 0 Å². The minimum atomic E-state index is 0.626. The van der Waals surface area contributed by atoms with Crippen LogP contribution < -0.4 is 5.32 Å². The maximum Gasteiger partial charge on any atom is 0.180 e. The molecule has 0 aliphatic heterocycles. The molecule has 5 heteroatoms. The standard InChI is InChI=1S/C12H9N5/c1-3-9(7-13-5-1)16-11-8-15-10-4-2-6-14-12(10)17-11/h1-8H,(H,14,16,17). The molecule has 3 rings (SSSR count). The van der Waals surface area contributed by atoms with Gasteiger partial charge in [-0.25, -0.2) is 15.0 Å². The van der Waals surface area contributed by atoms with Crippen LogP contribution in [0, 0.1) is 0 Å². The van der Waals surface area contributed by atoms with Crippen LogP contribution >= 0.6 is 0 Å². The fraction of sp³-hybridized carbons (Fsp3) is 0. The van der Waals surface area contributed by atoms with Crippen molar-refractivity contribution in [3.8, 4) is 0 Å². The molecular formula is C12H9N5. The number of rotatable bonds is 2. The molecule has 0 saturated heterocycles. The molecule has 1 N–H and O–H groups in total. The van der Waals surface area contributed by atoms with Crippen LogP contribution in [0.25, 0.3) is 11.2 Å². The van der Waals surface area contributed by atoms with Crippen LogP contribution in [0.3, 0.4) is 0 Å². The number of anilines is 2. The van der Waals surface area contributed by atoms with E-state index in [1.54, 1.807) is 24.8 Å². The van der Waals surface area contributed by atoms with Gasteiger partial charge in [0.05, 0.1) is 18.1 Å². The molecular weight excluding hydrogens is 214 g/mol. The Bertz CT molecular complexity index is 638. The third kappa shape index (κ3) is 2.03. The van der Waals surface area contributed by atoms with Crippen LogP contribution in [-0.4, -0.2) is 19.9 Å². The molecule has 0 aliphatic rings. The number of hydrogen-bond donors (Lipinski definition) is 1. The van der Waals surface area contributed by atoms with Gasteiger partial charge in [0.25, 0.3) is 0 Å². The Morgan fingerprint density at radius 2 is 1.88 bits per heavy atom. The van der Waals surface area contributed by atoms with Gasteiger partial charge in [0.2, 0.25) is 0 Å². The van der Waals surface area contributed by atoms with Crippen molar-refractivity contribution in [3.63, 3.8) is 0 Å². The lowest BCUT2D eigenvalue weighted by atomic mass is 10.4. The van der Waals surface area contributed by atoms with Crippen LogP contribution in [0.15, 0.2) is 49.1 Å². The molecule has 3 heterocycles. The van der Waals surface area contributed by atoms with E-state index in [1.807, 2.05) is 24.3 Å². The summed E-state index contributed by atoms with van der Waals surface area (Å²) in [5.41, 5.74) is 2.28. The zero-order valence-corrected chi connectivity index (χ0v) is 8.91. The summed E-state index contributed by atoms with van der Waals surface area (Å²) in [6.45, 7) is 0. The zero-order chi connectivity index (χ0) is 11.5. The van der Waals surface area contributed by atoms with Gasteiger partial charge in [-0.15, -0.1) is 0 Å². The Labute approximate surface area is 97.6 Å².